The highest BCUT2D eigenvalue weighted by Crippen LogP contribution is 2.26. The lowest BCUT2D eigenvalue weighted by atomic mass is 10.0. The fourth-order valence-corrected chi connectivity index (χ4v) is 3.16. The van der Waals surface area contributed by atoms with Gasteiger partial charge in [-0.15, -0.1) is 10.2 Å². The highest BCUT2D eigenvalue weighted by atomic mass is 127. The number of alkyl halides is 1. The molecule has 4 nitrogen and oxygen atoms in total. The average Bonchev–Trinajstić information content (AvgIpc) is 3.03. The van der Waals surface area contributed by atoms with E-state index in [1.165, 1.54) is 0 Å². The van der Waals surface area contributed by atoms with Crippen molar-refractivity contribution >= 4 is 51.6 Å². The normalized spacial score (nSPS) is 10.7. The highest BCUT2D eigenvalue weighted by Gasteiger charge is 2.19. The van der Waals surface area contributed by atoms with E-state index in [4.69, 9.17) is 23.2 Å². The SMILES string of the molecule is O=C(c1ccccc1Cl)c1cc(Cl)ccc1-n1cnnc1CI. The molecule has 0 radical (unpaired) electrons. The predicted molar refractivity (Wildman–Crippen MR) is 99.0 cm³/mol. The molecule has 0 bridgehead atoms. The van der Waals surface area contributed by atoms with Crippen LogP contribution in [0.5, 0.6) is 0 Å². The molecule has 0 saturated heterocycles. The summed E-state index contributed by atoms with van der Waals surface area (Å²) in [5.41, 5.74) is 1.56. The molecule has 0 atom stereocenters. The maximum atomic E-state index is 12.9. The van der Waals surface area contributed by atoms with Gasteiger partial charge in [-0.3, -0.25) is 9.36 Å². The van der Waals surface area contributed by atoms with Crippen molar-refractivity contribution in [2.45, 2.75) is 4.43 Å². The lowest BCUT2D eigenvalue weighted by Crippen LogP contribution is -2.09. The minimum absolute atomic E-state index is 0.193. The Morgan fingerprint density at radius 1 is 1.13 bits per heavy atom. The van der Waals surface area contributed by atoms with Crippen LogP contribution in [0, 0.1) is 0 Å². The third kappa shape index (κ3) is 3.27. The molecule has 0 unspecified atom stereocenters. The Kier molecular flexibility index (Phi) is 4.99. The summed E-state index contributed by atoms with van der Waals surface area (Å²) in [6.07, 6.45) is 1.58. The molecule has 0 amide bonds. The fraction of sp³-hybridized carbons (Fsp3) is 0.0625. The molecule has 0 fully saturated rings. The summed E-state index contributed by atoms with van der Waals surface area (Å²) in [6.45, 7) is 0. The fourth-order valence-electron chi connectivity index (χ4n) is 2.24. The number of nitrogens with zero attached hydrogens (tertiary/aromatic N) is 3. The van der Waals surface area contributed by atoms with E-state index in [9.17, 15) is 4.79 Å². The Bertz CT molecular complexity index is 879. The third-order valence-corrected chi connectivity index (χ3v) is 4.57. The Morgan fingerprint density at radius 2 is 1.91 bits per heavy atom. The lowest BCUT2D eigenvalue weighted by Gasteiger charge is -2.12. The number of hydrogen-bond acceptors (Lipinski definition) is 3. The smallest absolute Gasteiger partial charge is 0.196 e. The molecular weight excluding hydrogens is 448 g/mol. The summed E-state index contributed by atoms with van der Waals surface area (Å²) < 4.78 is 2.45. The van der Waals surface area contributed by atoms with Crippen LogP contribution in [0.2, 0.25) is 10.0 Å². The maximum Gasteiger partial charge on any atom is 0.196 e. The van der Waals surface area contributed by atoms with E-state index in [-0.39, 0.29) is 5.78 Å². The number of carbonyl (C=O) groups is 1. The van der Waals surface area contributed by atoms with Gasteiger partial charge < -0.3 is 0 Å². The first kappa shape index (κ1) is 16.4. The molecule has 0 aliphatic carbocycles. The second kappa shape index (κ2) is 6.98. The number of halogens is 3. The van der Waals surface area contributed by atoms with Crippen molar-refractivity contribution in [3.8, 4) is 5.69 Å². The first-order valence-electron chi connectivity index (χ1n) is 6.66. The Morgan fingerprint density at radius 3 is 2.65 bits per heavy atom. The number of aromatic nitrogens is 3. The molecule has 3 aromatic rings. The molecule has 0 aliphatic rings. The molecule has 1 heterocycles. The number of carbonyl (C=O) groups excluding carboxylic acids is 1. The topological polar surface area (TPSA) is 47.8 Å². The standard InChI is InChI=1S/C16H10Cl2IN3O/c17-10-5-6-14(22-9-20-21-15(22)8-19)12(7-10)16(23)11-3-1-2-4-13(11)18/h1-7,9H,8H2. The Labute approximate surface area is 156 Å². The van der Waals surface area contributed by atoms with Crippen molar-refractivity contribution in [2.24, 2.45) is 0 Å². The second-order valence-corrected chi connectivity index (χ2v) is 6.33. The molecule has 23 heavy (non-hydrogen) atoms. The van der Waals surface area contributed by atoms with E-state index in [1.54, 1.807) is 53.4 Å². The van der Waals surface area contributed by atoms with Gasteiger partial charge in [-0.05, 0) is 30.3 Å². The monoisotopic (exact) mass is 457 g/mol. The first-order chi connectivity index (χ1) is 11.1. The number of ketones is 1. The summed E-state index contributed by atoms with van der Waals surface area (Å²) in [4.78, 5) is 12.9. The van der Waals surface area contributed by atoms with Crippen LogP contribution in [0.4, 0.5) is 0 Å². The van der Waals surface area contributed by atoms with Gasteiger partial charge in [0, 0.05) is 16.1 Å². The zero-order valence-corrected chi connectivity index (χ0v) is 15.4. The van der Waals surface area contributed by atoms with Gasteiger partial charge in [-0.2, -0.15) is 0 Å². The molecule has 116 valence electrons. The van der Waals surface area contributed by atoms with Crippen LogP contribution in [0.25, 0.3) is 5.69 Å². The molecule has 1 aromatic heterocycles. The molecule has 0 saturated carbocycles. The molecule has 0 aliphatic heterocycles. The number of rotatable bonds is 4. The van der Waals surface area contributed by atoms with Crippen molar-refractivity contribution in [3.63, 3.8) is 0 Å². The van der Waals surface area contributed by atoms with E-state index in [2.05, 4.69) is 32.8 Å². The van der Waals surface area contributed by atoms with Crippen molar-refractivity contribution in [3.05, 3.63) is 75.8 Å². The van der Waals surface area contributed by atoms with Crippen molar-refractivity contribution in [2.75, 3.05) is 0 Å². The van der Waals surface area contributed by atoms with Crippen LogP contribution < -0.4 is 0 Å². The van der Waals surface area contributed by atoms with Crippen LogP contribution in [0.15, 0.2) is 48.8 Å². The van der Waals surface area contributed by atoms with Gasteiger partial charge in [0.15, 0.2) is 5.78 Å². The van der Waals surface area contributed by atoms with Crippen molar-refractivity contribution in [1.29, 1.82) is 0 Å². The van der Waals surface area contributed by atoms with Gasteiger partial charge in [0.05, 0.1) is 15.1 Å². The average molecular weight is 458 g/mol. The molecule has 2 aromatic carbocycles. The van der Waals surface area contributed by atoms with Gasteiger partial charge in [-0.25, -0.2) is 0 Å². The summed E-state index contributed by atoms with van der Waals surface area (Å²) in [5.74, 6) is 0.558. The highest BCUT2D eigenvalue weighted by molar-refractivity contribution is 14.1. The van der Waals surface area contributed by atoms with E-state index in [1.807, 2.05) is 0 Å². The molecule has 7 heteroatoms. The minimum atomic E-state index is -0.193. The zero-order valence-electron chi connectivity index (χ0n) is 11.7. The first-order valence-corrected chi connectivity index (χ1v) is 8.94. The van der Waals surface area contributed by atoms with Crippen LogP contribution in [0.1, 0.15) is 21.7 Å². The largest absolute Gasteiger partial charge is 0.288 e. The van der Waals surface area contributed by atoms with E-state index >= 15 is 0 Å². The lowest BCUT2D eigenvalue weighted by molar-refractivity contribution is 0.103. The maximum absolute atomic E-state index is 12.9. The predicted octanol–water partition coefficient (Wildman–Crippen LogP) is 4.74. The van der Waals surface area contributed by atoms with Gasteiger partial charge in [-0.1, -0.05) is 57.9 Å². The zero-order chi connectivity index (χ0) is 16.4. The van der Waals surface area contributed by atoms with Crippen molar-refractivity contribution in [1.82, 2.24) is 14.8 Å². The van der Waals surface area contributed by atoms with Crippen LogP contribution in [-0.4, -0.2) is 20.5 Å². The molecule has 0 N–H and O–H groups in total. The molecule has 3 rings (SSSR count). The summed E-state index contributed by atoms with van der Waals surface area (Å²) in [7, 11) is 0. The second-order valence-electron chi connectivity index (χ2n) is 4.72. The van der Waals surface area contributed by atoms with E-state index < -0.39 is 0 Å². The third-order valence-electron chi connectivity index (χ3n) is 3.32. The van der Waals surface area contributed by atoms with Crippen LogP contribution >= 0.6 is 45.8 Å². The van der Waals surface area contributed by atoms with Crippen molar-refractivity contribution < 1.29 is 4.79 Å². The van der Waals surface area contributed by atoms with Crippen LogP contribution in [-0.2, 0) is 4.43 Å². The molecular formula is C16H10Cl2IN3O. The minimum Gasteiger partial charge on any atom is -0.288 e. The quantitative estimate of drug-likeness (QED) is 0.323. The van der Waals surface area contributed by atoms with Gasteiger partial charge >= 0.3 is 0 Å². The number of hydrogen-bond donors (Lipinski definition) is 0. The molecule has 0 spiro atoms. The van der Waals surface area contributed by atoms with Gasteiger partial charge in [0.2, 0.25) is 0 Å². The van der Waals surface area contributed by atoms with Gasteiger partial charge in [0.1, 0.15) is 12.2 Å². The van der Waals surface area contributed by atoms with E-state index in [0.717, 1.165) is 5.82 Å². The Balaban J connectivity index is 2.18. The van der Waals surface area contributed by atoms with E-state index in [0.29, 0.717) is 31.3 Å². The summed E-state index contributed by atoms with van der Waals surface area (Å²) in [5, 5.41) is 8.86. The Hall–Kier alpha value is -1.44. The van der Waals surface area contributed by atoms with Gasteiger partial charge in [0.25, 0.3) is 0 Å². The van der Waals surface area contributed by atoms with Crippen LogP contribution in [0.3, 0.4) is 0 Å². The summed E-state index contributed by atoms with van der Waals surface area (Å²) >= 11 is 14.5. The number of benzene rings is 2. The summed E-state index contributed by atoms with van der Waals surface area (Å²) in [6, 6.07) is 12.1.